The lowest BCUT2D eigenvalue weighted by Crippen LogP contribution is -2.04. The van der Waals surface area contributed by atoms with Crippen LogP contribution in [-0.2, 0) is 6.61 Å². The largest absolute Gasteiger partial charge is 0.489 e. The van der Waals surface area contributed by atoms with Crippen LogP contribution in [0, 0.1) is 5.82 Å². The van der Waals surface area contributed by atoms with E-state index in [2.05, 4.69) is 15.9 Å². The van der Waals surface area contributed by atoms with E-state index in [-0.39, 0.29) is 23.7 Å². The number of hydrogen-bond donors (Lipinski definition) is 2. The summed E-state index contributed by atoms with van der Waals surface area (Å²) in [7, 11) is 0. The van der Waals surface area contributed by atoms with Gasteiger partial charge < -0.3 is 15.6 Å². The van der Waals surface area contributed by atoms with Crippen molar-refractivity contribution >= 4 is 27.6 Å². The molecular formula is C14H11BrFNO3. The van der Waals surface area contributed by atoms with Crippen LogP contribution >= 0.6 is 15.9 Å². The maximum atomic E-state index is 13.1. The number of nitrogens with two attached hydrogens (primary N) is 1. The number of carbonyl (C=O) groups is 1. The van der Waals surface area contributed by atoms with Gasteiger partial charge in [-0.15, -0.1) is 0 Å². The van der Waals surface area contributed by atoms with Crippen molar-refractivity contribution in [2.75, 3.05) is 5.73 Å². The van der Waals surface area contributed by atoms with Gasteiger partial charge in [0.15, 0.2) is 0 Å². The van der Waals surface area contributed by atoms with E-state index in [1.807, 2.05) is 0 Å². The molecule has 0 heterocycles. The molecule has 0 fully saturated rings. The number of ether oxygens (including phenoxy) is 1. The Morgan fingerprint density at radius 3 is 2.75 bits per heavy atom. The van der Waals surface area contributed by atoms with E-state index in [9.17, 15) is 9.18 Å². The second kappa shape index (κ2) is 5.92. The van der Waals surface area contributed by atoms with Gasteiger partial charge in [-0.25, -0.2) is 9.18 Å². The Labute approximate surface area is 123 Å². The lowest BCUT2D eigenvalue weighted by molar-refractivity contribution is 0.0697. The van der Waals surface area contributed by atoms with Crippen LogP contribution in [0.25, 0.3) is 0 Å². The molecule has 0 radical (unpaired) electrons. The Morgan fingerprint density at radius 1 is 1.30 bits per heavy atom. The molecule has 4 nitrogen and oxygen atoms in total. The van der Waals surface area contributed by atoms with E-state index in [1.54, 1.807) is 12.1 Å². The normalized spacial score (nSPS) is 10.3. The Kier molecular flexibility index (Phi) is 4.24. The number of nitrogen functional groups attached to an aromatic ring is 1. The van der Waals surface area contributed by atoms with Crippen molar-refractivity contribution in [3.8, 4) is 5.75 Å². The third-order valence-electron chi connectivity index (χ3n) is 2.66. The summed E-state index contributed by atoms with van der Waals surface area (Å²) in [5.74, 6) is -1.14. The lowest BCUT2D eigenvalue weighted by Gasteiger charge is -2.09. The quantitative estimate of drug-likeness (QED) is 0.837. The fourth-order valence-corrected chi connectivity index (χ4v) is 1.99. The maximum absolute atomic E-state index is 13.1. The molecule has 20 heavy (non-hydrogen) atoms. The standard InChI is InChI=1S/C14H11BrFNO3/c15-12-3-1-9(16)5-8(12)7-20-10-2-4-13(17)11(6-10)14(18)19/h1-6H,7,17H2,(H,18,19). The van der Waals surface area contributed by atoms with Crippen LogP contribution in [-0.4, -0.2) is 11.1 Å². The molecule has 104 valence electrons. The predicted octanol–water partition coefficient (Wildman–Crippen LogP) is 3.45. The smallest absolute Gasteiger partial charge is 0.337 e. The number of carboxylic acid groups (broad SMARTS) is 1. The maximum Gasteiger partial charge on any atom is 0.337 e. The van der Waals surface area contributed by atoms with E-state index >= 15 is 0 Å². The van der Waals surface area contributed by atoms with Crippen molar-refractivity contribution in [2.24, 2.45) is 0 Å². The van der Waals surface area contributed by atoms with Crippen molar-refractivity contribution < 1.29 is 19.0 Å². The zero-order valence-electron chi connectivity index (χ0n) is 10.3. The molecular weight excluding hydrogens is 329 g/mol. The number of hydrogen-bond acceptors (Lipinski definition) is 3. The summed E-state index contributed by atoms with van der Waals surface area (Å²) in [5, 5.41) is 8.96. The third kappa shape index (κ3) is 3.27. The molecule has 3 N–H and O–H groups in total. The number of aromatic carboxylic acids is 1. The van der Waals surface area contributed by atoms with Gasteiger partial charge in [0.25, 0.3) is 0 Å². The molecule has 2 rings (SSSR count). The fourth-order valence-electron chi connectivity index (χ4n) is 1.63. The molecule has 0 bridgehead atoms. The molecule has 0 atom stereocenters. The van der Waals surface area contributed by atoms with E-state index in [4.69, 9.17) is 15.6 Å². The lowest BCUT2D eigenvalue weighted by atomic mass is 10.1. The minimum absolute atomic E-state index is 0.0270. The van der Waals surface area contributed by atoms with Crippen molar-refractivity contribution in [1.82, 2.24) is 0 Å². The molecule has 2 aromatic rings. The first-order valence-electron chi connectivity index (χ1n) is 5.67. The average Bonchev–Trinajstić information content (AvgIpc) is 2.41. The summed E-state index contributed by atoms with van der Waals surface area (Å²) in [5.41, 5.74) is 6.31. The minimum atomic E-state index is -1.13. The second-order valence-corrected chi connectivity index (χ2v) is 4.93. The van der Waals surface area contributed by atoms with Crippen LogP contribution in [0.3, 0.4) is 0 Å². The van der Waals surface area contributed by atoms with Gasteiger partial charge in [-0.05, 0) is 36.4 Å². The molecule has 6 heteroatoms. The van der Waals surface area contributed by atoms with Crippen molar-refractivity contribution in [1.29, 1.82) is 0 Å². The Hall–Kier alpha value is -2.08. The van der Waals surface area contributed by atoms with Gasteiger partial charge in [0.2, 0.25) is 0 Å². The van der Waals surface area contributed by atoms with Gasteiger partial charge >= 0.3 is 5.97 Å². The van der Waals surface area contributed by atoms with Crippen molar-refractivity contribution in [3.63, 3.8) is 0 Å². The highest BCUT2D eigenvalue weighted by Crippen LogP contribution is 2.23. The molecule has 0 spiro atoms. The first kappa shape index (κ1) is 14.3. The Balaban J connectivity index is 2.17. The minimum Gasteiger partial charge on any atom is -0.489 e. The van der Waals surface area contributed by atoms with Gasteiger partial charge in [-0.2, -0.15) is 0 Å². The summed E-state index contributed by atoms with van der Waals surface area (Å²) in [4.78, 5) is 11.0. The van der Waals surface area contributed by atoms with Crippen LogP contribution in [0.2, 0.25) is 0 Å². The monoisotopic (exact) mass is 339 g/mol. The molecule has 0 unspecified atom stereocenters. The van der Waals surface area contributed by atoms with Crippen LogP contribution in [0.4, 0.5) is 10.1 Å². The van der Waals surface area contributed by atoms with Crippen molar-refractivity contribution in [2.45, 2.75) is 6.61 Å². The molecule has 0 aliphatic rings. The van der Waals surface area contributed by atoms with E-state index in [0.717, 1.165) is 0 Å². The SMILES string of the molecule is Nc1ccc(OCc2cc(F)ccc2Br)cc1C(=O)O. The summed E-state index contributed by atoms with van der Waals surface area (Å²) >= 11 is 3.29. The molecule has 0 saturated carbocycles. The van der Waals surface area contributed by atoms with E-state index < -0.39 is 5.97 Å². The molecule has 0 amide bonds. The zero-order valence-corrected chi connectivity index (χ0v) is 11.9. The van der Waals surface area contributed by atoms with Gasteiger partial charge in [-0.3, -0.25) is 0 Å². The fraction of sp³-hybridized carbons (Fsp3) is 0.0714. The Morgan fingerprint density at radius 2 is 2.05 bits per heavy atom. The number of carboxylic acids is 1. The first-order chi connectivity index (χ1) is 9.47. The van der Waals surface area contributed by atoms with Gasteiger partial charge in [-0.1, -0.05) is 15.9 Å². The molecule has 0 aliphatic heterocycles. The molecule has 0 aromatic heterocycles. The number of anilines is 1. The molecule has 0 aliphatic carbocycles. The van der Waals surface area contributed by atoms with E-state index in [0.29, 0.717) is 15.8 Å². The third-order valence-corrected chi connectivity index (χ3v) is 3.43. The number of rotatable bonds is 4. The molecule has 2 aromatic carbocycles. The topological polar surface area (TPSA) is 72.5 Å². The summed E-state index contributed by atoms with van der Waals surface area (Å²) in [6.45, 7) is 0.112. The highest BCUT2D eigenvalue weighted by Gasteiger charge is 2.10. The van der Waals surface area contributed by atoms with Gasteiger partial charge in [0.05, 0.1) is 5.56 Å². The summed E-state index contributed by atoms with van der Waals surface area (Å²) < 4.78 is 19.3. The Bertz CT molecular complexity index is 661. The van der Waals surface area contributed by atoms with E-state index in [1.165, 1.54) is 24.3 Å². The highest BCUT2D eigenvalue weighted by atomic mass is 79.9. The second-order valence-electron chi connectivity index (χ2n) is 4.08. The number of benzene rings is 2. The summed E-state index contributed by atoms with van der Waals surface area (Å²) in [6, 6.07) is 8.62. The van der Waals surface area contributed by atoms with Crippen LogP contribution < -0.4 is 10.5 Å². The van der Waals surface area contributed by atoms with Gasteiger partial charge in [0, 0.05) is 15.7 Å². The van der Waals surface area contributed by atoms with Gasteiger partial charge in [0.1, 0.15) is 18.2 Å². The first-order valence-corrected chi connectivity index (χ1v) is 6.46. The molecule has 0 saturated heterocycles. The van der Waals surface area contributed by atoms with Crippen LogP contribution in [0.1, 0.15) is 15.9 Å². The van der Waals surface area contributed by atoms with Crippen molar-refractivity contribution in [3.05, 3.63) is 57.8 Å². The number of halogens is 2. The average molecular weight is 340 g/mol. The highest BCUT2D eigenvalue weighted by molar-refractivity contribution is 9.10. The van der Waals surface area contributed by atoms with Crippen LogP contribution in [0.15, 0.2) is 40.9 Å². The zero-order chi connectivity index (χ0) is 14.7. The predicted molar refractivity (Wildman–Crippen MR) is 76.2 cm³/mol. The summed E-state index contributed by atoms with van der Waals surface area (Å²) in [6.07, 6.45) is 0. The van der Waals surface area contributed by atoms with Crippen LogP contribution in [0.5, 0.6) is 5.75 Å².